The Bertz CT molecular complexity index is 569. The monoisotopic (exact) mass is 368 g/mol. The van der Waals surface area contributed by atoms with Crippen LogP contribution in [0, 0.1) is 5.92 Å². The average Bonchev–Trinajstić information content (AvgIpc) is 3.07. The molecule has 0 amide bonds. The van der Waals surface area contributed by atoms with Crippen molar-refractivity contribution < 1.29 is 17.9 Å². The van der Waals surface area contributed by atoms with Crippen LogP contribution in [0.3, 0.4) is 0 Å². The normalized spacial score (nSPS) is 15.3. The van der Waals surface area contributed by atoms with E-state index in [1.807, 2.05) is 0 Å². The smallest absolute Gasteiger partial charge is 0.236 e. The lowest BCUT2D eigenvalue weighted by Crippen LogP contribution is -2.03. The second-order valence-corrected chi connectivity index (χ2v) is 8.18. The number of halogens is 2. The van der Waals surface area contributed by atoms with Gasteiger partial charge in [-0.1, -0.05) is 0 Å². The van der Waals surface area contributed by atoms with E-state index in [1.165, 1.54) is 12.8 Å². The molecule has 1 aromatic carbocycles. The third kappa shape index (κ3) is 4.54. The van der Waals surface area contributed by atoms with Crippen molar-refractivity contribution in [3.05, 3.63) is 22.2 Å². The summed E-state index contributed by atoms with van der Waals surface area (Å²) in [6.07, 6.45) is 2.36. The van der Waals surface area contributed by atoms with Gasteiger partial charge in [0.15, 0.2) is 11.5 Å². The number of ether oxygens (including phenoxy) is 2. The summed E-state index contributed by atoms with van der Waals surface area (Å²) in [6, 6.07) is 3.33. The average molecular weight is 370 g/mol. The predicted molar refractivity (Wildman–Crippen MR) is 77.4 cm³/mol. The Balaban J connectivity index is 2.25. The van der Waals surface area contributed by atoms with Gasteiger partial charge in [0.05, 0.1) is 23.9 Å². The largest absolute Gasteiger partial charge is 0.492 e. The molecule has 1 aromatic rings. The van der Waals surface area contributed by atoms with Crippen LogP contribution < -0.4 is 9.47 Å². The topological polar surface area (TPSA) is 52.6 Å². The molecule has 0 spiro atoms. The SMILES string of the molecule is COc1c(Br)cc(CS(=O)(=O)Cl)cc1OCC1CC1. The molecule has 0 bridgehead atoms. The van der Waals surface area contributed by atoms with Gasteiger partial charge >= 0.3 is 0 Å². The van der Waals surface area contributed by atoms with E-state index < -0.39 is 9.05 Å². The van der Waals surface area contributed by atoms with Gasteiger partial charge in [-0.15, -0.1) is 0 Å². The van der Waals surface area contributed by atoms with Crippen LogP contribution in [0.4, 0.5) is 0 Å². The molecule has 0 radical (unpaired) electrons. The maximum Gasteiger partial charge on any atom is 0.236 e. The third-order valence-corrected chi connectivity index (χ3v) is 4.38. The maximum atomic E-state index is 11.1. The van der Waals surface area contributed by atoms with Crippen molar-refractivity contribution in [1.29, 1.82) is 0 Å². The molecule has 0 aromatic heterocycles. The minimum Gasteiger partial charge on any atom is -0.492 e. The molecular weight excluding hydrogens is 356 g/mol. The zero-order valence-electron chi connectivity index (χ0n) is 10.4. The molecule has 0 aliphatic heterocycles. The highest BCUT2D eigenvalue weighted by Crippen LogP contribution is 2.38. The van der Waals surface area contributed by atoms with Crippen LogP contribution in [0.2, 0.25) is 0 Å². The molecule has 1 aliphatic carbocycles. The highest BCUT2D eigenvalue weighted by Gasteiger charge is 2.23. The Hall–Kier alpha value is -0.460. The highest BCUT2D eigenvalue weighted by molar-refractivity contribution is 9.10. The third-order valence-electron chi connectivity index (χ3n) is 2.78. The molecule has 1 saturated carbocycles. The van der Waals surface area contributed by atoms with Crippen molar-refractivity contribution in [3.63, 3.8) is 0 Å². The minimum absolute atomic E-state index is 0.239. The summed E-state index contributed by atoms with van der Waals surface area (Å²) in [5.41, 5.74) is 0.563. The summed E-state index contributed by atoms with van der Waals surface area (Å²) >= 11 is 3.35. The lowest BCUT2D eigenvalue weighted by atomic mass is 10.2. The van der Waals surface area contributed by atoms with E-state index in [2.05, 4.69) is 15.9 Å². The summed E-state index contributed by atoms with van der Waals surface area (Å²) < 4.78 is 33.9. The quantitative estimate of drug-likeness (QED) is 0.722. The van der Waals surface area contributed by atoms with Crippen molar-refractivity contribution in [2.75, 3.05) is 13.7 Å². The van der Waals surface area contributed by atoms with Crippen molar-refractivity contribution in [2.24, 2.45) is 5.92 Å². The molecule has 0 unspecified atom stereocenters. The summed E-state index contributed by atoms with van der Waals surface area (Å²) in [7, 11) is 3.22. The van der Waals surface area contributed by atoms with Crippen LogP contribution in [0.5, 0.6) is 11.5 Å². The van der Waals surface area contributed by atoms with Crippen LogP contribution in [0.1, 0.15) is 18.4 Å². The molecule has 0 saturated heterocycles. The van der Waals surface area contributed by atoms with E-state index in [1.54, 1.807) is 19.2 Å². The Morgan fingerprint density at radius 3 is 2.63 bits per heavy atom. The lowest BCUT2D eigenvalue weighted by molar-refractivity contribution is 0.279. The number of methoxy groups -OCH3 is 1. The number of hydrogen-bond donors (Lipinski definition) is 0. The summed E-state index contributed by atoms with van der Waals surface area (Å²) in [4.78, 5) is 0. The fraction of sp³-hybridized carbons (Fsp3) is 0.500. The van der Waals surface area contributed by atoms with Gasteiger partial charge in [0.1, 0.15) is 0 Å². The Labute approximate surface area is 125 Å². The summed E-state index contributed by atoms with van der Waals surface area (Å²) in [5.74, 6) is 1.47. The van der Waals surface area contributed by atoms with Crippen molar-refractivity contribution >= 4 is 35.7 Å². The van der Waals surface area contributed by atoms with Crippen LogP contribution in [0.15, 0.2) is 16.6 Å². The first-order valence-corrected chi connectivity index (χ1v) is 9.07. The maximum absolute atomic E-state index is 11.1. The zero-order chi connectivity index (χ0) is 14.0. The Kier molecular flexibility index (Phi) is 4.63. The molecule has 2 rings (SSSR count). The van der Waals surface area contributed by atoms with E-state index in [4.69, 9.17) is 20.2 Å². The number of rotatable bonds is 6. The van der Waals surface area contributed by atoms with E-state index in [-0.39, 0.29) is 5.75 Å². The molecule has 0 heterocycles. The minimum atomic E-state index is -3.59. The zero-order valence-corrected chi connectivity index (χ0v) is 13.5. The summed E-state index contributed by atoms with van der Waals surface area (Å²) in [5, 5.41) is 0. The predicted octanol–water partition coefficient (Wildman–Crippen LogP) is 3.32. The van der Waals surface area contributed by atoms with Crippen molar-refractivity contribution in [3.8, 4) is 11.5 Å². The molecule has 0 atom stereocenters. The van der Waals surface area contributed by atoms with Gasteiger partial charge < -0.3 is 9.47 Å². The first-order valence-electron chi connectivity index (χ1n) is 5.80. The van der Waals surface area contributed by atoms with Gasteiger partial charge in [-0.05, 0) is 52.4 Å². The van der Waals surface area contributed by atoms with Gasteiger partial charge in [-0.2, -0.15) is 0 Å². The van der Waals surface area contributed by atoms with Crippen molar-refractivity contribution in [2.45, 2.75) is 18.6 Å². The van der Waals surface area contributed by atoms with Gasteiger partial charge in [0.25, 0.3) is 0 Å². The van der Waals surface area contributed by atoms with Crippen LogP contribution >= 0.6 is 26.6 Å². The summed E-state index contributed by atoms with van der Waals surface area (Å²) in [6.45, 7) is 0.625. The molecule has 1 aliphatic rings. The van der Waals surface area contributed by atoms with Crippen LogP contribution in [-0.4, -0.2) is 22.1 Å². The highest BCUT2D eigenvalue weighted by atomic mass is 79.9. The lowest BCUT2D eigenvalue weighted by Gasteiger charge is -2.13. The molecule has 7 heteroatoms. The van der Waals surface area contributed by atoms with Gasteiger partial charge in [0, 0.05) is 10.7 Å². The number of hydrogen-bond acceptors (Lipinski definition) is 4. The van der Waals surface area contributed by atoms with Crippen molar-refractivity contribution in [1.82, 2.24) is 0 Å². The van der Waals surface area contributed by atoms with E-state index >= 15 is 0 Å². The van der Waals surface area contributed by atoms with Crippen LogP contribution in [-0.2, 0) is 14.8 Å². The molecule has 4 nitrogen and oxygen atoms in total. The molecule has 19 heavy (non-hydrogen) atoms. The molecule has 0 N–H and O–H groups in total. The van der Waals surface area contributed by atoms with E-state index in [9.17, 15) is 8.42 Å². The van der Waals surface area contributed by atoms with Gasteiger partial charge in [-0.25, -0.2) is 8.42 Å². The Morgan fingerprint density at radius 1 is 1.42 bits per heavy atom. The standard InChI is InChI=1S/C12H14BrClO4S/c1-17-12-10(13)4-9(7-19(14,15)16)5-11(12)18-6-8-2-3-8/h4-5,8H,2-3,6-7H2,1H3. The first-order chi connectivity index (χ1) is 8.89. The van der Waals surface area contributed by atoms with Crippen LogP contribution in [0.25, 0.3) is 0 Å². The van der Waals surface area contributed by atoms with Gasteiger partial charge in [0.2, 0.25) is 9.05 Å². The molecule has 1 fully saturated rings. The van der Waals surface area contributed by atoms with E-state index in [0.29, 0.717) is 34.1 Å². The van der Waals surface area contributed by atoms with E-state index in [0.717, 1.165) is 0 Å². The fourth-order valence-electron chi connectivity index (χ4n) is 1.70. The van der Waals surface area contributed by atoms with Gasteiger partial charge in [-0.3, -0.25) is 0 Å². The molecular formula is C12H14BrClO4S. The Morgan fingerprint density at radius 2 is 2.11 bits per heavy atom. The second kappa shape index (κ2) is 5.89. The number of benzene rings is 1. The second-order valence-electron chi connectivity index (χ2n) is 4.55. The molecule has 106 valence electrons. The first kappa shape index (κ1) is 14.9. The fourth-order valence-corrected chi connectivity index (χ4v) is 3.30.